The molecule has 0 atom stereocenters. The van der Waals surface area contributed by atoms with E-state index in [1.54, 1.807) is 16.8 Å². The maximum Gasteiger partial charge on any atom is 0.137 e. The summed E-state index contributed by atoms with van der Waals surface area (Å²) in [4.78, 5) is 0. The van der Waals surface area contributed by atoms with Crippen LogP contribution in [0.2, 0.25) is 15.2 Å². The van der Waals surface area contributed by atoms with Gasteiger partial charge >= 0.3 is 0 Å². The van der Waals surface area contributed by atoms with Crippen molar-refractivity contribution in [3.05, 3.63) is 44.7 Å². The minimum absolute atomic E-state index is 0.367. The molecule has 19 heavy (non-hydrogen) atoms. The predicted molar refractivity (Wildman–Crippen MR) is 80.1 cm³/mol. The van der Waals surface area contributed by atoms with Crippen LogP contribution in [-0.2, 0) is 5.88 Å². The van der Waals surface area contributed by atoms with Crippen LogP contribution in [0, 0.1) is 0 Å². The van der Waals surface area contributed by atoms with Crippen molar-refractivity contribution in [2.24, 2.45) is 0 Å². The van der Waals surface area contributed by atoms with E-state index in [1.165, 1.54) is 0 Å². The smallest absolute Gasteiger partial charge is 0.137 e. The van der Waals surface area contributed by atoms with Crippen LogP contribution in [0.25, 0.3) is 5.69 Å². The first-order valence-corrected chi connectivity index (χ1v) is 7.57. The summed E-state index contributed by atoms with van der Waals surface area (Å²) in [6, 6.07) is 5.31. The van der Waals surface area contributed by atoms with Crippen LogP contribution in [0.5, 0.6) is 0 Å². The van der Waals surface area contributed by atoms with Crippen LogP contribution in [0.3, 0.4) is 0 Å². The average Bonchev–Trinajstić information content (AvgIpc) is 3.17. The summed E-state index contributed by atoms with van der Waals surface area (Å²) >= 11 is 24.3. The molecule has 0 radical (unpaired) electrons. The molecule has 1 aliphatic rings. The van der Waals surface area contributed by atoms with Gasteiger partial charge in [-0.25, -0.2) is 4.68 Å². The Bertz CT molecular complexity index is 632. The molecule has 1 saturated carbocycles. The number of alkyl halides is 1. The van der Waals surface area contributed by atoms with Crippen molar-refractivity contribution in [3.8, 4) is 5.69 Å². The zero-order valence-corrected chi connectivity index (χ0v) is 12.9. The van der Waals surface area contributed by atoms with Gasteiger partial charge in [-0.05, 0) is 31.0 Å². The maximum atomic E-state index is 6.37. The summed E-state index contributed by atoms with van der Waals surface area (Å²) in [5.41, 5.74) is 2.71. The fourth-order valence-corrected chi connectivity index (χ4v) is 2.97. The second-order valence-electron chi connectivity index (χ2n) is 4.57. The lowest BCUT2D eigenvalue weighted by molar-refractivity contribution is 0.837. The van der Waals surface area contributed by atoms with E-state index in [4.69, 9.17) is 46.4 Å². The second-order valence-corrected chi connectivity index (χ2v) is 6.01. The highest BCUT2D eigenvalue weighted by atomic mass is 35.5. The second kappa shape index (κ2) is 5.17. The molecule has 0 aliphatic heterocycles. The summed E-state index contributed by atoms with van der Waals surface area (Å²) < 4.78 is 1.68. The third-order valence-electron chi connectivity index (χ3n) is 3.20. The van der Waals surface area contributed by atoms with Crippen LogP contribution in [0.15, 0.2) is 18.2 Å². The molecule has 0 amide bonds. The van der Waals surface area contributed by atoms with Gasteiger partial charge in [-0.3, -0.25) is 0 Å². The van der Waals surface area contributed by atoms with E-state index in [0.717, 1.165) is 29.8 Å². The molecule has 0 saturated heterocycles. The Balaban J connectivity index is 2.11. The zero-order valence-electron chi connectivity index (χ0n) is 9.84. The number of rotatable bonds is 3. The van der Waals surface area contributed by atoms with Crippen molar-refractivity contribution in [1.82, 2.24) is 9.78 Å². The van der Waals surface area contributed by atoms with Gasteiger partial charge < -0.3 is 0 Å². The fourth-order valence-electron chi connectivity index (χ4n) is 2.04. The number of aromatic nitrogens is 2. The highest BCUT2D eigenvalue weighted by Crippen LogP contribution is 2.43. The molecule has 1 fully saturated rings. The minimum Gasteiger partial charge on any atom is -0.222 e. The van der Waals surface area contributed by atoms with Gasteiger partial charge in [0, 0.05) is 11.5 Å². The third-order valence-corrected chi connectivity index (χ3v) is 4.59. The predicted octanol–water partition coefficient (Wildman–Crippen LogP) is 5.45. The zero-order chi connectivity index (χ0) is 13.6. The van der Waals surface area contributed by atoms with Crippen LogP contribution in [0.4, 0.5) is 0 Å². The number of halogens is 4. The van der Waals surface area contributed by atoms with Gasteiger partial charge in [-0.1, -0.05) is 34.8 Å². The topological polar surface area (TPSA) is 17.8 Å². The van der Waals surface area contributed by atoms with Crippen molar-refractivity contribution in [1.29, 1.82) is 0 Å². The molecule has 2 nitrogen and oxygen atoms in total. The Morgan fingerprint density at radius 2 is 1.89 bits per heavy atom. The van der Waals surface area contributed by atoms with Crippen molar-refractivity contribution >= 4 is 46.4 Å². The number of benzene rings is 1. The molecular weight excluding hydrogens is 326 g/mol. The van der Waals surface area contributed by atoms with Crippen molar-refractivity contribution in [2.45, 2.75) is 24.6 Å². The maximum absolute atomic E-state index is 6.37. The van der Waals surface area contributed by atoms with Gasteiger partial charge in [0.05, 0.1) is 27.3 Å². The molecular formula is C13H10Cl4N2. The standard InChI is InChI=1S/C13H10Cl4N2/c14-6-9-12(7-1-2-7)18-19(13(9)17)8-3-4-10(15)11(16)5-8/h3-5,7H,1-2,6H2. The van der Waals surface area contributed by atoms with Crippen LogP contribution < -0.4 is 0 Å². The van der Waals surface area contributed by atoms with E-state index in [2.05, 4.69) is 5.10 Å². The van der Waals surface area contributed by atoms with Crippen LogP contribution in [0.1, 0.15) is 30.0 Å². The first-order valence-electron chi connectivity index (χ1n) is 5.90. The van der Waals surface area contributed by atoms with Gasteiger partial charge in [0.1, 0.15) is 5.15 Å². The van der Waals surface area contributed by atoms with E-state index >= 15 is 0 Å². The molecule has 6 heteroatoms. The monoisotopic (exact) mass is 334 g/mol. The lowest BCUT2D eigenvalue weighted by atomic mass is 10.2. The molecule has 1 aliphatic carbocycles. The van der Waals surface area contributed by atoms with Gasteiger partial charge in [0.25, 0.3) is 0 Å². The summed E-state index contributed by atoms with van der Waals surface area (Å²) in [7, 11) is 0. The normalized spacial score (nSPS) is 14.9. The van der Waals surface area contributed by atoms with Crippen molar-refractivity contribution in [3.63, 3.8) is 0 Å². The van der Waals surface area contributed by atoms with Gasteiger partial charge in [-0.2, -0.15) is 5.10 Å². The van der Waals surface area contributed by atoms with E-state index in [0.29, 0.717) is 27.0 Å². The molecule has 3 rings (SSSR count). The highest BCUT2D eigenvalue weighted by molar-refractivity contribution is 6.42. The van der Waals surface area contributed by atoms with Gasteiger partial charge in [-0.15, -0.1) is 11.6 Å². The molecule has 2 aromatic rings. The lowest BCUT2D eigenvalue weighted by Gasteiger charge is -2.04. The minimum atomic E-state index is 0.367. The molecule has 0 bridgehead atoms. The molecule has 0 unspecified atom stereocenters. The van der Waals surface area contributed by atoms with Gasteiger partial charge in [0.15, 0.2) is 0 Å². The van der Waals surface area contributed by atoms with E-state index in [9.17, 15) is 0 Å². The fraction of sp³-hybridized carbons (Fsp3) is 0.308. The van der Waals surface area contributed by atoms with E-state index in [1.807, 2.05) is 6.07 Å². The Hall–Kier alpha value is -0.410. The number of hydrogen-bond donors (Lipinski definition) is 0. The summed E-state index contributed by atoms with van der Waals surface area (Å²) in [5, 5.41) is 6.12. The SMILES string of the molecule is ClCc1c(C2CC2)nn(-c2ccc(Cl)c(Cl)c2)c1Cl. The van der Waals surface area contributed by atoms with Gasteiger partial charge in [0.2, 0.25) is 0 Å². The third kappa shape index (κ3) is 2.47. The Labute approximate surface area is 131 Å². The van der Waals surface area contributed by atoms with Crippen molar-refractivity contribution < 1.29 is 0 Å². The highest BCUT2D eigenvalue weighted by Gasteiger charge is 2.31. The summed E-state index contributed by atoms with van der Waals surface area (Å²) in [6.45, 7) is 0. The lowest BCUT2D eigenvalue weighted by Crippen LogP contribution is -1.97. The van der Waals surface area contributed by atoms with Crippen LogP contribution >= 0.6 is 46.4 Å². The molecule has 1 aromatic heterocycles. The average molecular weight is 336 g/mol. The quantitative estimate of drug-likeness (QED) is 0.682. The van der Waals surface area contributed by atoms with Crippen LogP contribution in [-0.4, -0.2) is 9.78 Å². The largest absolute Gasteiger partial charge is 0.222 e. The Morgan fingerprint density at radius 3 is 2.47 bits per heavy atom. The van der Waals surface area contributed by atoms with E-state index < -0.39 is 0 Å². The molecule has 0 N–H and O–H groups in total. The Morgan fingerprint density at radius 1 is 1.16 bits per heavy atom. The first kappa shape index (κ1) is 13.6. The molecule has 1 heterocycles. The summed E-state index contributed by atoms with van der Waals surface area (Å²) in [5.74, 6) is 0.863. The number of nitrogens with zero attached hydrogens (tertiary/aromatic N) is 2. The molecule has 0 spiro atoms. The van der Waals surface area contributed by atoms with Crippen molar-refractivity contribution in [2.75, 3.05) is 0 Å². The number of hydrogen-bond acceptors (Lipinski definition) is 1. The molecule has 1 aromatic carbocycles. The van der Waals surface area contributed by atoms with E-state index in [-0.39, 0.29) is 0 Å². The summed E-state index contributed by atoms with van der Waals surface area (Å²) in [6.07, 6.45) is 2.30. The molecule has 100 valence electrons. The Kier molecular flexibility index (Phi) is 3.69. The first-order chi connectivity index (χ1) is 9.11.